The van der Waals surface area contributed by atoms with Crippen LogP contribution in [0, 0.1) is 3.57 Å². The first-order valence-corrected chi connectivity index (χ1v) is 12.4. The highest BCUT2D eigenvalue weighted by atomic mass is 127. The van der Waals surface area contributed by atoms with Crippen molar-refractivity contribution >= 4 is 28.5 Å². The van der Waals surface area contributed by atoms with Crippen LogP contribution < -0.4 is 24.3 Å². The van der Waals surface area contributed by atoms with Crippen LogP contribution in [0.15, 0.2) is 24.3 Å². The molecule has 0 unspecified atom stereocenters. The third kappa shape index (κ3) is 6.65. The standard InChI is InChI=1S/C25H32FIN2O5/c1-31-21-12-17-6-10-29(16-18(17)13-22(21)32-2)9-5-4-8-28-25(30)20-14-19(27)15-23(33-3)24(20)34-11-7-26/h12-15H,4-11,16H2,1-3H3,(H,28,30)/i26-1. The van der Waals surface area contributed by atoms with Gasteiger partial charge in [-0.1, -0.05) is 0 Å². The van der Waals surface area contributed by atoms with E-state index in [1.165, 1.54) is 18.2 Å². The zero-order valence-electron chi connectivity index (χ0n) is 19.9. The normalized spacial score (nSPS) is 13.2. The second kappa shape index (κ2) is 13.0. The number of unbranched alkanes of at least 4 members (excludes halogenated alkanes) is 1. The number of fused-ring (bicyclic) bond motifs is 1. The minimum Gasteiger partial charge on any atom is -0.493 e. The van der Waals surface area contributed by atoms with E-state index in [9.17, 15) is 9.18 Å². The average Bonchev–Trinajstić information content (AvgIpc) is 2.85. The molecule has 0 saturated heterocycles. The Kier molecular flexibility index (Phi) is 10.1. The van der Waals surface area contributed by atoms with Crippen molar-refractivity contribution in [1.82, 2.24) is 10.2 Å². The van der Waals surface area contributed by atoms with Gasteiger partial charge in [0.05, 0.1) is 26.9 Å². The van der Waals surface area contributed by atoms with Crippen LogP contribution in [0.5, 0.6) is 23.0 Å². The lowest BCUT2D eigenvalue weighted by Gasteiger charge is -2.29. The predicted octanol–water partition coefficient (Wildman–Crippen LogP) is 4.23. The molecule has 0 bridgehead atoms. The summed E-state index contributed by atoms with van der Waals surface area (Å²) in [6.45, 7) is 2.59. The number of carbonyl (C=O) groups excluding carboxylic acids is 1. The quantitative estimate of drug-likeness (QED) is 0.297. The summed E-state index contributed by atoms with van der Waals surface area (Å²) in [6, 6.07) is 7.62. The van der Waals surface area contributed by atoms with Crippen molar-refractivity contribution in [3.8, 4) is 23.0 Å². The van der Waals surface area contributed by atoms with E-state index >= 15 is 0 Å². The van der Waals surface area contributed by atoms with Gasteiger partial charge in [-0.15, -0.1) is 0 Å². The van der Waals surface area contributed by atoms with Crippen molar-refractivity contribution in [3.63, 3.8) is 0 Å². The molecule has 1 amide bonds. The SMILES string of the molecule is COc1cc2c(cc1OC)CN(CCCCNC(=O)c1cc(I)cc(OC)c1OCC[18F])CC2. The summed E-state index contributed by atoms with van der Waals surface area (Å²) in [5.74, 6) is 1.98. The van der Waals surface area contributed by atoms with Crippen LogP contribution >= 0.6 is 22.6 Å². The Morgan fingerprint density at radius 1 is 1.03 bits per heavy atom. The fourth-order valence-corrected chi connectivity index (χ4v) is 4.66. The van der Waals surface area contributed by atoms with Crippen LogP contribution in [0.2, 0.25) is 0 Å². The van der Waals surface area contributed by atoms with E-state index in [0.717, 1.165) is 54.0 Å². The van der Waals surface area contributed by atoms with Gasteiger partial charge in [0, 0.05) is 23.2 Å². The number of nitrogens with zero attached hydrogens (tertiary/aromatic N) is 1. The largest absolute Gasteiger partial charge is 0.493 e. The van der Waals surface area contributed by atoms with E-state index < -0.39 is 6.67 Å². The third-order valence-electron chi connectivity index (χ3n) is 5.79. The lowest BCUT2D eigenvalue weighted by atomic mass is 9.98. The topological polar surface area (TPSA) is 69.3 Å². The zero-order chi connectivity index (χ0) is 24.5. The van der Waals surface area contributed by atoms with Crippen LogP contribution in [0.3, 0.4) is 0 Å². The minimum absolute atomic E-state index is 0.130. The molecular formula is C25H32FIN2O5. The molecule has 0 aromatic heterocycles. The molecule has 0 radical (unpaired) electrons. The van der Waals surface area contributed by atoms with Gasteiger partial charge >= 0.3 is 0 Å². The zero-order valence-corrected chi connectivity index (χ0v) is 22.1. The molecule has 0 atom stereocenters. The Bertz CT molecular complexity index is 988. The minimum atomic E-state index is -0.641. The number of benzene rings is 2. The highest BCUT2D eigenvalue weighted by molar-refractivity contribution is 14.1. The molecule has 0 saturated carbocycles. The van der Waals surface area contributed by atoms with Crippen molar-refractivity contribution in [2.24, 2.45) is 0 Å². The molecule has 0 spiro atoms. The fourth-order valence-electron chi connectivity index (χ4n) is 4.07. The number of carbonyl (C=O) groups is 1. The Morgan fingerprint density at radius 3 is 2.41 bits per heavy atom. The first-order valence-electron chi connectivity index (χ1n) is 11.3. The number of hydrogen-bond donors (Lipinski definition) is 1. The van der Waals surface area contributed by atoms with Crippen LogP contribution in [-0.2, 0) is 13.0 Å². The summed E-state index contributed by atoms with van der Waals surface area (Å²) in [5, 5.41) is 2.95. The number of amides is 1. The molecule has 2 aromatic carbocycles. The maximum Gasteiger partial charge on any atom is 0.255 e. The Morgan fingerprint density at radius 2 is 1.74 bits per heavy atom. The average molecular weight is 585 g/mol. The van der Waals surface area contributed by atoms with E-state index in [-0.39, 0.29) is 18.3 Å². The number of rotatable bonds is 12. The molecule has 1 N–H and O–H groups in total. The highest BCUT2D eigenvalue weighted by Crippen LogP contribution is 2.34. The van der Waals surface area contributed by atoms with Gasteiger partial charge in [-0.25, -0.2) is 4.39 Å². The molecule has 186 valence electrons. The van der Waals surface area contributed by atoms with Gasteiger partial charge in [0.15, 0.2) is 23.0 Å². The Labute approximate surface area is 214 Å². The molecule has 1 heterocycles. The van der Waals surface area contributed by atoms with Gasteiger partial charge in [-0.05, 0) is 83.8 Å². The number of hydrogen-bond acceptors (Lipinski definition) is 6. The molecule has 0 aliphatic carbocycles. The van der Waals surface area contributed by atoms with Gasteiger partial charge in [-0.3, -0.25) is 9.69 Å². The number of alkyl halides is 1. The molecule has 1 aliphatic rings. The summed E-state index contributed by atoms with van der Waals surface area (Å²) < 4.78 is 35.1. The predicted molar refractivity (Wildman–Crippen MR) is 137 cm³/mol. The monoisotopic (exact) mass is 585 g/mol. The van der Waals surface area contributed by atoms with Gasteiger partial charge in [-0.2, -0.15) is 0 Å². The number of ether oxygens (including phenoxy) is 4. The number of halogens is 2. The third-order valence-corrected chi connectivity index (χ3v) is 6.41. The Hall–Kier alpha value is -2.27. The first-order chi connectivity index (χ1) is 16.5. The van der Waals surface area contributed by atoms with Gasteiger partial charge in [0.25, 0.3) is 5.91 Å². The molecule has 9 heteroatoms. The highest BCUT2D eigenvalue weighted by Gasteiger charge is 2.20. The van der Waals surface area contributed by atoms with Crippen LogP contribution in [0.25, 0.3) is 0 Å². The Balaban J connectivity index is 1.49. The molecule has 2 aromatic rings. The lowest BCUT2D eigenvalue weighted by Crippen LogP contribution is -2.32. The van der Waals surface area contributed by atoms with Crippen LogP contribution in [-0.4, -0.2) is 65.1 Å². The maximum atomic E-state index is 12.8. The second-order valence-corrected chi connectivity index (χ2v) is 9.23. The van der Waals surface area contributed by atoms with Crippen molar-refractivity contribution in [2.45, 2.75) is 25.8 Å². The number of nitrogens with one attached hydrogen (secondary N) is 1. The molecule has 0 fully saturated rings. The molecule has 3 rings (SSSR count). The van der Waals surface area contributed by atoms with E-state index in [4.69, 9.17) is 18.9 Å². The molecular weight excluding hydrogens is 553 g/mol. The van der Waals surface area contributed by atoms with Gasteiger partial charge < -0.3 is 24.3 Å². The van der Waals surface area contributed by atoms with Crippen molar-refractivity contribution in [3.05, 3.63) is 44.5 Å². The van der Waals surface area contributed by atoms with E-state index in [1.807, 2.05) is 0 Å². The molecule has 34 heavy (non-hydrogen) atoms. The molecule has 1 aliphatic heterocycles. The maximum absolute atomic E-state index is 12.8. The summed E-state index contributed by atoms with van der Waals surface area (Å²) in [7, 11) is 4.81. The summed E-state index contributed by atoms with van der Waals surface area (Å²) >= 11 is 2.12. The van der Waals surface area contributed by atoms with Crippen molar-refractivity contribution in [2.75, 3.05) is 54.2 Å². The first kappa shape index (κ1) is 26.3. The summed E-state index contributed by atoms with van der Waals surface area (Å²) in [4.78, 5) is 15.2. The van der Waals surface area contributed by atoms with E-state index in [1.54, 1.807) is 26.4 Å². The van der Waals surface area contributed by atoms with Crippen LogP contribution in [0.4, 0.5) is 4.39 Å². The number of methoxy groups -OCH3 is 3. The smallest absolute Gasteiger partial charge is 0.255 e. The fraction of sp³-hybridized carbons (Fsp3) is 0.480. The van der Waals surface area contributed by atoms with Crippen molar-refractivity contribution in [1.29, 1.82) is 0 Å². The van der Waals surface area contributed by atoms with E-state index in [0.29, 0.717) is 17.9 Å². The lowest BCUT2D eigenvalue weighted by molar-refractivity contribution is 0.0947. The summed E-state index contributed by atoms with van der Waals surface area (Å²) in [6.07, 6.45) is 2.79. The molecule has 7 nitrogen and oxygen atoms in total. The van der Waals surface area contributed by atoms with Crippen LogP contribution in [0.1, 0.15) is 34.3 Å². The summed E-state index contributed by atoms with van der Waals surface area (Å²) in [5.41, 5.74) is 2.93. The second-order valence-electron chi connectivity index (χ2n) is 7.99. The van der Waals surface area contributed by atoms with E-state index in [2.05, 4.69) is 44.9 Å². The van der Waals surface area contributed by atoms with Gasteiger partial charge in [0.2, 0.25) is 0 Å². The van der Waals surface area contributed by atoms with Crippen molar-refractivity contribution < 1.29 is 28.1 Å². The van der Waals surface area contributed by atoms with Gasteiger partial charge in [0.1, 0.15) is 13.3 Å².